The molecule has 0 saturated carbocycles. The fourth-order valence-electron chi connectivity index (χ4n) is 1.13. The summed E-state index contributed by atoms with van der Waals surface area (Å²) in [6.07, 6.45) is -0.399. The van der Waals surface area contributed by atoms with Crippen LogP contribution in [0.15, 0.2) is 30.3 Å². The van der Waals surface area contributed by atoms with Gasteiger partial charge in [0.2, 0.25) is 0 Å². The van der Waals surface area contributed by atoms with Gasteiger partial charge in [-0.15, -0.1) is 11.6 Å². The molecule has 1 atom stereocenters. The molecule has 0 bridgehead atoms. The van der Waals surface area contributed by atoms with Gasteiger partial charge in [0, 0.05) is 14.2 Å². The molecule has 1 rings (SSSR count). The van der Waals surface area contributed by atoms with Crippen LogP contribution in [0, 0.1) is 0 Å². The van der Waals surface area contributed by atoms with Crippen molar-refractivity contribution in [3.05, 3.63) is 35.9 Å². The van der Waals surface area contributed by atoms with Crippen molar-refractivity contribution in [1.29, 1.82) is 0 Å². The van der Waals surface area contributed by atoms with Gasteiger partial charge in [-0.3, -0.25) is 0 Å². The minimum Gasteiger partial charge on any atom is -0.354 e. The molecule has 0 saturated heterocycles. The standard InChI is InChI=1S/C10H13ClO2/c1-12-10(13-2)9(11)8-6-4-3-5-7-8/h3-7,9-10H,1-2H3. The van der Waals surface area contributed by atoms with Crippen molar-refractivity contribution in [1.82, 2.24) is 0 Å². The Morgan fingerprint density at radius 1 is 1.08 bits per heavy atom. The van der Waals surface area contributed by atoms with Gasteiger partial charge in [0.25, 0.3) is 0 Å². The van der Waals surface area contributed by atoms with Crippen molar-refractivity contribution in [3.63, 3.8) is 0 Å². The van der Waals surface area contributed by atoms with Crippen molar-refractivity contribution in [2.45, 2.75) is 11.7 Å². The van der Waals surface area contributed by atoms with Crippen LogP contribution in [0.3, 0.4) is 0 Å². The van der Waals surface area contributed by atoms with Crippen LogP contribution in [-0.4, -0.2) is 20.5 Å². The van der Waals surface area contributed by atoms with Gasteiger partial charge in [-0.25, -0.2) is 0 Å². The van der Waals surface area contributed by atoms with Crippen LogP contribution in [0.25, 0.3) is 0 Å². The quantitative estimate of drug-likeness (QED) is 0.550. The fraction of sp³-hybridized carbons (Fsp3) is 0.400. The van der Waals surface area contributed by atoms with Crippen LogP contribution in [0.2, 0.25) is 0 Å². The third-order valence-electron chi connectivity index (χ3n) is 1.82. The van der Waals surface area contributed by atoms with E-state index in [0.29, 0.717) is 0 Å². The molecule has 0 N–H and O–H groups in total. The Kier molecular flexibility index (Phi) is 4.22. The van der Waals surface area contributed by atoms with Crippen molar-refractivity contribution in [3.8, 4) is 0 Å². The average Bonchev–Trinajstić information content (AvgIpc) is 2.21. The van der Waals surface area contributed by atoms with Gasteiger partial charge in [-0.1, -0.05) is 30.3 Å². The van der Waals surface area contributed by atoms with Gasteiger partial charge in [0.15, 0.2) is 6.29 Å². The number of rotatable bonds is 4. The molecule has 72 valence electrons. The summed E-state index contributed by atoms with van der Waals surface area (Å²) in [5.41, 5.74) is 0.998. The van der Waals surface area contributed by atoms with Crippen molar-refractivity contribution in [2.24, 2.45) is 0 Å². The Morgan fingerprint density at radius 2 is 1.62 bits per heavy atom. The fourth-order valence-corrected chi connectivity index (χ4v) is 1.48. The first-order valence-electron chi connectivity index (χ1n) is 4.04. The molecule has 13 heavy (non-hydrogen) atoms. The predicted molar refractivity (Wildman–Crippen MR) is 52.8 cm³/mol. The van der Waals surface area contributed by atoms with Gasteiger partial charge >= 0.3 is 0 Å². The van der Waals surface area contributed by atoms with Crippen molar-refractivity contribution < 1.29 is 9.47 Å². The summed E-state index contributed by atoms with van der Waals surface area (Å²) in [5, 5.41) is -0.267. The second kappa shape index (κ2) is 5.22. The zero-order valence-electron chi connectivity index (χ0n) is 7.74. The third kappa shape index (κ3) is 2.69. The van der Waals surface area contributed by atoms with E-state index in [9.17, 15) is 0 Å². The Morgan fingerprint density at radius 3 is 2.08 bits per heavy atom. The molecule has 3 heteroatoms. The van der Waals surface area contributed by atoms with Crippen LogP contribution in [0.1, 0.15) is 10.9 Å². The van der Waals surface area contributed by atoms with E-state index in [1.54, 1.807) is 14.2 Å². The van der Waals surface area contributed by atoms with Crippen LogP contribution in [-0.2, 0) is 9.47 Å². The van der Waals surface area contributed by atoms with Gasteiger partial charge in [-0.2, -0.15) is 0 Å². The zero-order chi connectivity index (χ0) is 9.68. The molecule has 0 aliphatic carbocycles. The minimum absolute atomic E-state index is 0.267. The lowest BCUT2D eigenvalue weighted by atomic mass is 10.1. The Hall–Kier alpha value is -0.570. The molecule has 0 fully saturated rings. The third-order valence-corrected chi connectivity index (χ3v) is 2.28. The Bertz CT molecular complexity index is 234. The SMILES string of the molecule is COC(OC)C(Cl)c1ccccc1. The summed E-state index contributed by atoms with van der Waals surface area (Å²) in [5.74, 6) is 0. The first kappa shape index (κ1) is 10.5. The molecule has 2 nitrogen and oxygen atoms in total. The first-order chi connectivity index (χ1) is 6.29. The van der Waals surface area contributed by atoms with E-state index < -0.39 is 6.29 Å². The van der Waals surface area contributed by atoms with E-state index in [2.05, 4.69) is 0 Å². The van der Waals surface area contributed by atoms with Crippen LogP contribution < -0.4 is 0 Å². The van der Waals surface area contributed by atoms with Gasteiger partial charge in [0.05, 0.1) is 0 Å². The summed E-state index contributed by atoms with van der Waals surface area (Å²) in [6.45, 7) is 0. The second-order valence-electron chi connectivity index (χ2n) is 2.65. The molecule has 0 amide bonds. The molecule has 1 aromatic rings. The Labute approximate surface area is 83.4 Å². The number of hydrogen-bond donors (Lipinski definition) is 0. The maximum atomic E-state index is 6.12. The molecule has 1 unspecified atom stereocenters. The van der Waals surface area contributed by atoms with Crippen molar-refractivity contribution >= 4 is 11.6 Å². The molecule has 0 spiro atoms. The van der Waals surface area contributed by atoms with Gasteiger partial charge in [-0.05, 0) is 5.56 Å². The molecular weight excluding hydrogens is 188 g/mol. The second-order valence-corrected chi connectivity index (χ2v) is 3.12. The van der Waals surface area contributed by atoms with Crippen molar-refractivity contribution in [2.75, 3.05) is 14.2 Å². The number of ether oxygens (including phenoxy) is 2. The summed E-state index contributed by atoms with van der Waals surface area (Å²) in [6, 6.07) is 9.72. The highest BCUT2D eigenvalue weighted by Gasteiger charge is 2.19. The maximum absolute atomic E-state index is 6.12. The molecule has 0 aliphatic rings. The topological polar surface area (TPSA) is 18.5 Å². The molecule has 0 radical (unpaired) electrons. The van der Waals surface area contributed by atoms with Crippen LogP contribution >= 0.6 is 11.6 Å². The lowest BCUT2D eigenvalue weighted by molar-refractivity contribution is -0.104. The Balaban J connectivity index is 2.72. The number of hydrogen-bond acceptors (Lipinski definition) is 2. The lowest BCUT2D eigenvalue weighted by Gasteiger charge is -2.19. The monoisotopic (exact) mass is 200 g/mol. The highest BCUT2D eigenvalue weighted by Crippen LogP contribution is 2.25. The molecule has 0 aliphatic heterocycles. The smallest absolute Gasteiger partial charge is 0.177 e. The molecule has 1 aromatic carbocycles. The highest BCUT2D eigenvalue weighted by atomic mass is 35.5. The lowest BCUT2D eigenvalue weighted by Crippen LogP contribution is -2.18. The number of alkyl halides is 1. The van der Waals surface area contributed by atoms with E-state index in [-0.39, 0.29) is 5.38 Å². The van der Waals surface area contributed by atoms with Crippen LogP contribution in [0.4, 0.5) is 0 Å². The van der Waals surface area contributed by atoms with E-state index >= 15 is 0 Å². The van der Waals surface area contributed by atoms with Crippen LogP contribution in [0.5, 0.6) is 0 Å². The van der Waals surface area contributed by atoms with E-state index in [1.165, 1.54) is 0 Å². The number of halogens is 1. The predicted octanol–water partition coefficient (Wildman–Crippen LogP) is 2.59. The van der Waals surface area contributed by atoms with E-state index in [4.69, 9.17) is 21.1 Å². The van der Waals surface area contributed by atoms with E-state index in [0.717, 1.165) is 5.56 Å². The van der Waals surface area contributed by atoms with E-state index in [1.807, 2.05) is 30.3 Å². The summed E-state index contributed by atoms with van der Waals surface area (Å²) in [4.78, 5) is 0. The molecular formula is C10H13ClO2. The summed E-state index contributed by atoms with van der Waals surface area (Å²) in [7, 11) is 3.15. The summed E-state index contributed by atoms with van der Waals surface area (Å²) < 4.78 is 10.1. The largest absolute Gasteiger partial charge is 0.354 e. The summed E-state index contributed by atoms with van der Waals surface area (Å²) >= 11 is 6.12. The average molecular weight is 201 g/mol. The molecule has 0 heterocycles. The molecule has 0 aromatic heterocycles. The maximum Gasteiger partial charge on any atom is 0.177 e. The van der Waals surface area contributed by atoms with Gasteiger partial charge in [0.1, 0.15) is 5.38 Å². The number of benzene rings is 1. The normalized spacial score (nSPS) is 13.2. The van der Waals surface area contributed by atoms with Gasteiger partial charge < -0.3 is 9.47 Å². The highest BCUT2D eigenvalue weighted by molar-refractivity contribution is 6.21. The number of methoxy groups -OCH3 is 2. The zero-order valence-corrected chi connectivity index (χ0v) is 8.49. The minimum atomic E-state index is -0.399. The first-order valence-corrected chi connectivity index (χ1v) is 4.48.